The minimum Gasteiger partial charge on any atom is -0.315 e. The van der Waals surface area contributed by atoms with Crippen molar-refractivity contribution in [3.63, 3.8) is 0 Å². The minimum atomic E-state index is -0.368. The number of hydrogen-bond donors (Lipinski definition) is 0. The van der Waals surface area contributed by atoms with Crippen LogP contribution in [0.4, 0.5) is 4.39 Å². The summed E-state index contributed by atoms with van der Waals surface area (Å²) >= 11 is 0. The molecule has 0 fully saturated rings. The van der Waals surface area contributed by atoms with E-state index in [0.29, 0.717) is 16.9 Å². The van der Waals surface area contributed by atoms with Crippen molar-refractivity contribution in [2.24, 2.45) is 0 Å². The number of carbonyl (C=O) groups is 1. The molecule has 0 radical (unpaired) electrons. The van der Waals surface area contributed by atoms with E-state index < -0.39 is 0 Å². The van der Waals surface area contributed by atoms with Gasteiger partial charge in [0, 0.05) is 17.0 Å². The first-order valence-corrected chi connectivity index (χ1v) is 8.18. The van der Waals surface area contributed by atoms with E-state index in [0.717, 1.165) is 11.3 Å². The number of aryl methyl sites for hydroxylation is 1. The molecule has 0 bridgehead atoms. The number of hydrogen-bond acceptors (Lipinski definition) is 2. The molecule has 1 aromatic heterocycles. The summed E-state index contributed by atoms with van der Waals surface area (Å²) in [5, 5.41) is 9.44. The Kier molecular flexibility index (Phi) is 4.81. The number of nitrogens with zero attached hydrogens (tertiary/aromatic N) is 2. The van der Waals surface area contributed by atoms with E-state index >= 15 is 0 Å². The first-order chi connectivity index (χ1) is 12.5. The van der Waals surface area contributed by atoms with Gasteiger partial charge >= 0.3 is 0 Å². The fourth-order valence-electron chi connectivity index (χ4n) is 3.01. The molecule has 0 atom stereocenters. The lowest BCUT2D eigenvalue weighted by atomic mass is 10.0. The lowest BCUT2D eigenvalue weighted by molar-refractivity contribution is 0.103. The van der Waals surface area contributed by atoms with Crippen LogP contribution in [0.2, 0.25) is 0 Å². The lowest BCUT2D eigenvalue weighted by Crippen LogP contribution is -2.06. The Balaban J connectivity index is 2.07. The van der Waals surface area contributed by atoms with Gasteiger partial charge in [0.15, 0.2) is 0 Å². The summed E-state index contributed by atoms with van der Waals surface area (Å²) in [5.74, 6) is -0.735. The van der Waals surface area contributed by atoms with Crippen LogP contribution in [0.15, 0.2) is 66.2 Å². The van der Waals surface area contributed by atoms with Crippen LogP contribution in [0, 0.1) is 31.0 Å². The molecule has 0 aliphatic rings. The van der Waals surface area contributed by atoms with Gasteiger partial charge in [-0.25, -0.2) is 4.39 Å². The number of ketones is 1. The molecule has 3 rings (SSSR count). The Labute approximate surface area is 151 Å². The number of allylic oxidation sites excluding steroid dienone is 1. The molecular formula is C22H17FN2O. The van der Waals surface area contributed by atoms with Gasteiger partial charge in [0.05, 0.1) is 5.69 Å². The van der Waals surface area contributed by atoms with Crippen LogP contribution in [-0.2, 0) is 0 Å². The zero-order valence-electron chi connectivity index (χ0n) is 14.5. The number of Topliss-reactive ketones (excluding diaryl/α,β-unsaturated/α-hetero) is 1. The molecule has 0 aliphatic heterocycles. The summed E-state index contributed by atoms with van der Waals surface area (Å²) in [6.07, 6.45) is 1.57. The average Bonchev–Trinajstić information content (AvgIpc) is 2.95. The number of aromatic nitrogens is 1. The maximum Gasteiger partial charge on any atom is 0.205 e. The average molecular weight is 344 g/mol. The summed E-state index contributed by atoms with van der Waals surface area (Å²) in [6.45, 7) is 3.56. The van der Waals surface area contributed by atoms with Gasteiger partial charge in [0.25, 0.3) is 0 Å². The second-order valence-corrected chi connectivity index (χ2v) is 5.98. The standard InChI is InChI=1S/C22H17FN2O/c1-15-12-19(16(2)25(15)21-11-7-6-10-20(21)23)22(26)18(14-24)13-17-8-4-3-5-9-17/h3-13H,1-2H3/b18-13-. The zero-order chi connectivity index (χ0) is 18.7. The van der Waals surface area contributed by atoms with Gasteiger partial charge in [0.2, 0.25) is 5.78 Å². The van der Waals surface area contributed by atoms with Crippen molar-refractivity contribution in [2.75, 3.05) is 0 Å². The van der Waals surface area contributed by atoms with E-state index in [9.17, 15) is 14.4 Å². The van der Waals surface area contributed by atoms with Crippen LogP contribution < -0.4 is 0 Å². The highest BCUT2D eigenvalue weighted by Crippen LogP contribution is 2.25. The molecule has 2 aromatic carbocycles. The van der Waals surface area contributed by atoms with E-state index in [1.54, 1.807) is 41.8 Å². The van der Waals surface area contributed by atoms with Crippen LogP contribution in [-0.4, -0.2) is 10.4 Å². The molecule has 0 unspecified atom stereocenters. The van der Waals surface area contributed by atoms with Gasteiger partial charge in [-0.1, -0.05) is 42.5 Å². The quantitative estimate of drug-likeness (QED) is 0.379. The maximum absolute atomic E-state index is 14.2. The second-order valence-electron chi connectivity index (χ2n) is 5.98. The van der Waals surface area contributed by atoms with Crippen LogP contribution in [0.5, 0.6) is 0 Å². The van der Waals surface area contributed by atoms with Crippen molar-refractivity contribution >= 4 is 11.9 Å². The molecule has 0 amide bonds. The zero-order valence-corrected chi connectivity index (χ0v) is 14.5. The molecule has 3 aromatic rings. The van der Waals surface area contributed by atoms with Crippen molar-refractivity contribution in [2.45, 2.75) is 13.8 Å². The van der Waals surface area contributed by atoms with Gasteiger partial charge in [-0.3, -0.25) is 4.79 Å². The molecule has 0 spiro atoms. The molecule has 128 valence electrons. The number of nitriles is 1. The van der Waals surface area contributed by atoms with Crippen LogP contribution >= 0.6 is 0 Å². The smallest absolute Gasteiger partial charge is 0.205 e. The fourth-order valence-corrected chi connectivity index (χ4v) is 3.01. The number of para-hydroxylation sites is 1. The normalized spacial score (nSPS) is 11.2. The number of rotatable bonds is 4. The monoisotopic (exact) mass is 344 g/mol. The number of carbonyl (C=O) groups excluding carboxylic acids is 1. The van der Waals surface area contributed by atoms with Crippen molar-refractivity contribution in [1.29, 1.82) is 5.26 Å². The van der Waals surface area contributed by atoms with Gasteiger partial charge in [0.1, 0.15) is 17.5 Å². The Morgan fingerprint density at radius 3 is 2.38 bits per heavy atom. The molecule has 3 nitrogen and oxygen atoms in total. The van der Waals surface area contributed by atoms with E-state index in [1.165, 1.54) is 6.07 Å². The third-order valence-corrected chi connectivity index (χ3v) is 4.24. The minimum absolute atomic E-state index is 0.0463. The summed E-state index contributed by atoms with van der Waals surface area (Å²) < 4.78 is 15.9. The largest absolute Gasteiger partial charge is 0.315 e. The number of benzene rings is 2. The van der Waals surface area contributed by atoms with E-state index in [-0.39, 0.29) is 17.2 Å². The number of halogens is 1. The van der Waals surface area contributed by atoms with Crippen LogP contribution in [0.1, 0.15) is 27.3 Å². The SMILES string of the molecule is Cc1cc(C(=O)/C(C#N)=C\c2ccccc2)c(C)n1-c1ccccc1F. The Morgan fingerprint density at radius 2 is 1.73 bits per heavy atom. The lowest BCUT2D eigenvalue weighted by Gasteiger charge is -2.10. The van der Waals surface area contributed by atoms with E-state index in [1.807, 2.05) is 43.3 Å². The van der Waals surface area contributed by atoms with Crippen molar-refractivity contribution in [3.8, 4) is 11.8 Å². The van der Waals surface area contributed by atoms with Gasteiger partial charge in [-0.15, -0.1) is 0 Å². The molecule has 0 saturated carbocycles. The summed E-state index contributed by atoms with van der Waals surface area (Å²) in [4.78, 5) is 12.9. The fraction of sp³-hybridized carbons (Fsp3) is 0.0909. The molecule has 26 heavy (non-hydrogen) atoms. The summed E-state index contributed by atoms with van der Waals surface area (Å²) in [7, 11) is 0. The Bertz CT molecular complexity index is 1040. The second kappa shape index (κ2) is 7.20. The van der Waals surface area contributed by atoms with Gasteiger partial charge in [-0.2, -0.15) is 5.26 Å². The maximum atomic E-state index is 14.2. The first-order valence-electron chi connectivity index (χ1n) is 8.18. The van der Waals surface area contributed by atoms with Crippen molar-refractivity contribution in [1.82, 2.24) is 4.57 Å². The molecule has 0 saturated heterocycles. The third kappa shape index (κ3) is 3.20. The topological polar surface area (TPSA) is 45.8 Å². The molecule has 1 heterocycles. The van der Waals surface area contributed by atoms with E-state index in [2.05, 4.69) is 0 Å². The molecule has 0 N–H and O–H groups in total. The van der Waals surface area contributed by atoms with E-state index in [4.69, 9.17) is 0 Å². The molecular weight excluding hydrogens is 327 g/mol. The Morgan fingerprint density at radius 1 is 1.08 bits per heavy atom. The predicted octanol–water partition coefficient (Wildman–Crippen LogP) is 5.02. The highest BCUT2D eigenvalue weighted by Gasteiger charge is 2.21. The Hall–Kier alpha value is -3.45. The van der Waals surface area contributed by atoms with Crippen LogP contribution in [0.25, 0.3) is 11.8 Å². The molecule has 0 aliphatic carbocycles. The van der Waals surface area contributed by atoms with Crippen molar-refractivity contribution in [3.05, 3.63) is 94.6 Å². The first kappa shape index (κ1) is 17.4. The highest BCUT2D eigenvalue weighted by atomic mass is 19.1. The summed E-state index contributed by atoms with van der Waals surface area (Å²) in [6, 6.07) is 19.3. The third-order valence-electron chi connectivity index (χ3n) is 4.24. The molecule has 4 heteroatoms. The predicted molar refractivity (Wildman–Crippen MR) is 99.6 cm³/mol. The van der Waals surface area contributed by atoms with Crippen molar-refractivity contribution < 1.29 is 9.18 Å². The van der Waals surface area contributed by atoms with Gasteiger partial charge < -0.3 is 4.57 Å². The highest BCUT2D eigenvalue weighted by molar-refractivity contribution is 6.14. The van der Waals surface area contributed by atoms with Crippen LogP contribution in [0.3, 0.4) is 0 Å². The van der Waals surface area contributed by atoms with Gasteiger partial charge in [-0.05, 0) is 43.7 Å². The summed E-state index contributed by atoms with van der Waals surface area (Å²) in [5.41, 5.74) is 2.94.